The Bertz CT molecular complexity index is 717. The van der Waals surface area contributed by atoms with Crippen molar-refractivity contribution < 1.29 is 59.5 Å². The van der Waals surface area contributed by atoms with Crippen molar-refractivity contribution in [3.63, 3.8) is 0 Å². The molecule has 2 aromatic rings. The number of carboxylic acids is 1. The van der Waals surface area contributed by atoms with E-state index >= 15 is 0 Å². The first kappa shape index (κ1) is 23.9. The van der Waals surface area contributed by atoms with Gasteiger partial charge in [0, 0.05) is 11.2 Å². The van der Waals surface area contributed by atoms with Crippen molar-refractivity contribution in [1.29, 1.82) is 0 Å². The molecule has 1 heterocycles. The van der Waals surface area contributed by atoms with Crippen molar-refractivity contribution in [3.8, 4) is 5.95 Å². The molecule has 1 N–H and O–H groups in total. The topological polar surface area (TPSA) is 98.8 Å². The number of hydrogen-bond acceptors (Lipinski definition) is 7. The average Bonchev–Trinajstić information content (AvgIpc) is 2.78. The Morgan fingerprint density at radius 1 is 1.44 bits per heavy atom. The molecule has 0 fully saturated rings. The monoisotopic (exact) mass is 570 g/mol. The molecule has 1 atom stereocenters. The van der Waals surface area contributed by atoms with E-state index in [0.29, 0.717) is 12.3 Å². The summed E-state index contributed by atoms with van der Waals surface area (Å²) >= 11 is 4.19. The summed E-state index contributed by atoms with van der Waals surface area (Å²) in [5.74, 6) is -1.45. The number of aliphatic carboxylic acids is 1. The molecular formula is C16H17ClHgN2O4S. The number of oxazole rings is 1. The van der Waals surface area contributed by atoms with Crippen LogP contribution in [-0.2, 0) is 38.9 Å². The van der Waals surface area contributed by atoms with Crippen LogP contribution in [0.1, 0.15) is 31.0 Å². The second kappa shape index (κ2) is 10.2. The minimum atomic E-state index is -1.35. The molecule has 1 aromatic carbocycles. The van der Waals surface area contributed by atoms with Crippen molar-refractivity contribution in [1.82, 2.24) is 4.98 Å². The van der Waals surface area contributed by atoms with Gasteiger partial charge in [-0.2, -0.15) is 12.6 Å². The van der Waals surface area contributed by atoms with Gasteiger partial charge in [-0.05, 0) is 19.4 Å². The Morgan fingerprint density at radius 3 is 2.56 bits per heavy atom. The summed E-state index contributed by atoms with van der Waals surface area (Å²) in [5.41, 5.74) is 1.04. The predicted molar refractivity (Wildman–Crippen MR) is 86.9 cm³/mol. The van der Waals surface area contributed by atoms with Gasteiger partial charge in [-0.1, -0.05) is 30.3 Å². The smallest absolute Gasteiger partial charge is 1.00 e. The normalized spacial score (nSPS) is 12.3. The third-order valence-electron chi connectivity index (χ3n) is 3.12. The largest absolute Gasteiger partial charge is 2.00 e. The minimum absolute atomic E-state index is 0. The minimum Gasteiger partial charge on any atom is -1.00 e. The summed E-state index contributed by atoms with van der Waals surface area (Å²) in [4.78, 5) is 19.1. The molecule has 130 valence electrons. The van der Waals surface area contributed by atoms with Gasteiger partial charge in [-0.3, -0.25) is 4.99 Å². The number of hydrogen-bond donors (Lipinski definition) is 2. The van der Waals surface area contributed by atoms with E-state index in [0.717, 1.165) is 11.8 Å². The van der Waals surface area contributed by atoms with E-state index in [4.69, 9.17) is 4.42 Å². The molecule has 0 saturated heterocycles. The van der Waals surface area contributed by atoms with E-state index in [1.165, 1.54) is 0 Å². The molecule has 0 saturated carbocycles. The van der Waals surface area contributed by atoms with Crippen molar-refractivity contribution in [3.05, 3.63) is 47.5 Å². The van der Waals surface area contributed by atoms with Crippen molar-refractivity contribution in [2.75, 3.05) is 0 Å². The first-order valence-electron chi connectivity index (χ1n) is 6.96. The van der Waals surface area contributed by atoms with E-state index in [1.54, 1.807) is 13.8 Å². The summed E-state index contributed by atoms with van der Waals surface area (Å²) in [5, 5.41) is 20.9. The molecule has 0 bridgehead atoms. The van der Waals surface area contributed by atoms with E-state index < -0.39 is 22.7 Å². The first-order valence-corrected chi connectivity index (χ1v) is 7.41. The number of carbonyl (C=O) groups is 1. The van der Waals surface area contributed by atoms with Gasteiger partial charge < -0.3 is 31.8 Å². The molecule has 0 aliphatic rings. The Balaban J connectivity index is 0.00000288. The molecule has 0 radical (unpaired) electrons. The number of aromatic hydroxyl groups is 1. The van der Waals surface area contributed by atoms with Gasteiger partial charge in [-0.25, -0.2) is 4.98 Å². The fourth-order valence-corrected chi connectivity index (χ4v) is 2.15. The first-order chi connectivity index (χ1) is 10.8. The van der Waals surface area contributed by atoms with Crippen LogP contribution in [0.3, 0.4) is 0 Å². The summed E-state index contributed by atoms with van der Waals surface area (Å²) < 4.78 is 4.25. The van der Waals surface area contributed by atoms with E-state index in [-0.39, 0.29) is 45.8 Å². The number of rotatable bonds is 6. The SMILES string of the molecule is CC(C)(S)C(N=Cc1nc(Cc2ccccc2)oc1O)C(=O)[O-].[Cl-].[Hg+2]. The second-order valence-electron chi connectivity index (χ2n) is 5.61. The van der Waals surface area contributed by atoms with Crippen LogP contribution in [0.25, 0.3) is 0 Å². The number of aliphatic imine (C=N–C) groups is 1. The van der Waals surface area contributed by atoms with Crippen molar-refractivity contribution in [2.24, 2.45) is 4.99 Å². The van der Waals surface area contributed by atoms with Crippen LogP contribution in [0.4, 0.5) is 0 Å². The zero-order valence-electron chi connectivity index (χ0n) is 13.8. The van der Waals surface area contributed by atoms with Crippen LogP contribution in [0.5, 0.6) is 5.95 Å². The number of nitrogens with zero attached hydrogens (tertiary/aromatic N) is 2. The fourth-order valence-electron chi connectivity index (χ4n) is 1.98. The van der Waals surface area contributed by atoms with Crippen LogP contribution in [0.15, 0.2) is 39.7 Å². The molecule has 9 heteroatoms. The Labute approximate surface area is 178 Å². The number of aromatic nitrogens is 1. The number of carboxylic acid groups (broad SMARTS) is 1. The summed E-state index contributed by atoms with van der Waals surface area (Å²) in [6.45, 7) is 3.22. The molecule has 1 aromatic heterocycles. The molecule has 6 nitrogen and oxygen atoms in total. The number of carbonyl (C=O) groups excluding carboxylic acids is 1. The number of thiol groups is 1. The molecular weight excluding hydrogens is 552 g/mol. The van der Waals surface area contributed by atoms with Gasteiger partial charge in [-0.15, -0.1) is 0 Å². The third kappa shape index (κ3) is 6.99. The summed E-state index contributed by atoms with van der Waals surface area (Å²) in [7, 11) is 0. The van der Waals surface area contributed by atoms with Gasteiger partial charge >= 0.3 is 33.6 Å². The van der Waals surface area contributed by atoms with Crippen LogP contribution in [0.2, 0.25) is 0 Å². The quantitative estimate of drug-likeness (QED) is 0.244. The maximum atomic E-state index is 11.1. The van der Waals surface area contributed by atoms with Gasteiger partial charge in [0.25, 0.3) is 0 Å². The summed E-state index contributed by atoms with van der Waals surface area (Å²) in [6.07, 6.45) is 1.57. The van der Waals surface area contributed by atoms with Gasteiger partial charge in [0.1, 0.15) is 6.04 Å². The van der Waals surface area contributed by atoms with Crippen LogP contribution >= 0.6 is 12.6 Å². The molecule has 0 amide bonds. The van der Waals surface area contributed by atoms with Gasteiger partial charge in [0.15, 0.2) is 5.69 Å². The van der Waals surface area contributed by atoms with E-state index in [1.807, 2.05) is 30.3 Å². The van der Waals surface area contributed by atoms with Crippen LogP contribution in [0, 0.1) is 0 Å². The van der Waals surface area contributed by atoms with Crippen molar-refractivity contribution >= 4 is 24.8 Å². The zero-order chi connectivity index (χ0) is 17.0. The maximum absolute atomic E-state index is 11.1. The van der Waals surface area contributed by atoms with Crippen molar-refractivity contribution in [2.45, 2.75) is 31.1 Å². The van der Waals surface area contributed by atoms with Gasteiger partial charge in [0.2, 0.25) is 5.89 Å². The molecule has 2 rings (SSSR count). The molecule has 0 aliphatic heterocycles. The Morgan fingerprint density at radius 2 is 2.04 bits per heavy atom. The molecule has 1 unspecified atom stereocenters. The maximum Gasteiger partial charge on any atom is 2.00 e. The Kier molecular flexibility index (Phi) is 9.75. The Hall–Kier alpha value is -1.05. The third-order valence-corrected chi connectivity index (χ3v) is 3.36. The molecule has 25 heavy (non-hydrogen) atoms. The average molecular weight is 569 g/mol. The number of halogens is 1. The predicted octanol–water partition coefficient (Wildman–Crippen LogP) is -1.78. The van der Waals surface area contributed by atoms with E-state index in [2.05, 4.69) is 22.6 Å². The zero-order valence-corrected chi connectivity index (χ0v) is 21.0. The standard InChI is InChI=1S/C16H18N2O4S.ClH.Hg/c1-16(2,23)13(14(19)20)17-9-11-15(21)22-12(18-11)8-10-6-4-3-5-7-10;;/h3-7,9,13,21,23H,8H2,1-2H3,(H,19,20);1H;/q;;+2/p-2. The van der Waals surface area contributed by atoms with Crippen LogP contribution < -0.4 is 17.5 Å². The molecule has 0 aliphatic carbocycles. The van der Waals surface area contributed by atoms with Crippen LogP contribution in [-0.4, -0.2) is 33.1 Å². The fraction of sp³-hybridized carbons (Fsp3) is 0.312. The summed E-state index contributed by atoms with van der Waals surface area (Å²) in [6, 6.07) is 8.31. The van der Waals surface area contributed by atoms with Gasteiger partial charge in [0.05, 0.1) is 12.2 Å². The van der Waals surface area contributed by atoms with E-state index in [9.17, 15) is 15.0 Å². The number of benzene rings is 1. The molecule has 0 spiro atoms. The second-order valence-corrected chi connectivity index (χ2v) is 6.77.